The fourth-order valence-electron chi connectivity index (χ4n) is 3.15. The lowest BCUT2D eigenvalue weighted by Crippen LogP contribution is -1.89. The number of halogens is 2. The predicted molar refractivity (Wildman–Crippen MR) is 105 cm³/mol. The monoisotopic (exact) mass is 390 g/mol. The Morgan fingerprint density at radius 3 is 2.68 bits per heavy atom. The average Bonchev–Trinajstić information content (AvgIpc) is 3.41. The molecule has 2 aromatic carbocycles. The molecule has 3 heterocycles. The molecule has 0 aliphatic carbocycles. The van der Waals surface area contributed by atoms with E-state index in [0.717, 1.165) is 27.6 Å². The number of pyridine rings is 1. The third kappa shape index (κ3) is 2.82. The Hall–Kier alpha value is -3.58. The van der Waals surface area contributed by atoms with Crippen molar-refractivity contribution in [3.63, 3.8) is 0 Å². The van der Waals surface area contributed by atoms with Gasteiger partial charge in [0.15, 0.2) is 0 Å². The maximum absolute atomic E-state index is 14.3. The van der Waals surface area contributed by atoms with Crippen LogP contribution in [0.5, 0.6) is 0 Å². The van der Waals surface area contributed by atoms with E-state index in [1.165, 1.54) is 12.1 Å². The highest BCUT2D eigenvalue weighted by Crippen LogP contribution is 2.33. The number of benzene rings is 2. The molecule has 136 valence electrons. The highest BCUT2D eigenvalue weighted by atomic mass is 35.5. The van der Waals surface area contributed by atoms with Gasteiger partial charge in [-0.15, -0.1) is 5.10 Å². The van der Waals surface area contributed by atoms with E-state index in [1.54, 1.807) is 18.5 Å². The summed E-state index contributed by atoms with van der Waals surface area (Å²) in [4.78, 5) is 4.50. The largest absolute Gasteiger partial charge is 0.285 e. The molecule has 5 rings (SSSR count). The molecule has 0 aliphatic heterocycles. The second-order valence-corrected chi connectivity index (χ2v) is 6.71. The van der Waals surface area contributed by atoms with Gasteiger partial charge >= 0.3 is 0 Å². The molecule has 0 spiro atoms. The molecule has 28 heavy (non-hydrogen) atoms. The van der Waals surface area contributed by atoms with Crippen LogP contribution in [0.4, 0.5) is 4.39 Å². The Balaban J connectivity index is 1.64. The number of rotatable bonds is 3. The second kappa shape index (κ2) is 6.54. The van der Waals surface area contributed by atoms with Crippen LogP contribution in [0.3, 0.4) is 0 Å². The van der Waals surface area contributed by atoms with Crippen molar-refractivity contribution in [1.82, 2.24) is 30.6 Å². The van der Waals surface area contributed by atoms with E-state index in [-0.39, 0.29) is 0 Å². The molecule has 6 nitrogen and oxygen atoms in total. The Labute approximate surface area is 163 Å². The summed E-state index contributed by atoms with van der Waals surface area (Å²) in [5.41, 5.74) is 4.85. The maximum atomic E-state index is 14.3. The molecular weight excluding hydrogens is 379 g/mol. The van der Waals surface area contributed by atoms with Gasteiger partial charge in [0.1, 0.15) is 11.5 Å². The van der Waals surface area contributed by atoms with Gasteiger partial charge in [-0.3, -0.25) is 15.2 Å². The van der Waals surface area contributed by atoms with Crippen LogP contribution in [-0.2, 0) is 0 Å². The SMILES string of the molecule is Fc1ccc(Cl)cc1-c1[nH]nnc1-c1ccc2ncc(-c3cn[nH]c3)cc2c1. The van der Waals surface area contributed by atoms with Gasteiger partial charge in [-0.2, -0.15) is 5.10 Å². The lowest BCUT2D eigenvalue weighted by molar-refractivity contribution is 0.630. The smallest absolute Gasteiger partial charge is 0.132 e. The van der Waals surface area contributed by atoms with Crippen LogP contribution >= 0.6 is 11.6 Å². The summed E-state index contributed by atoms with van der Waals surface area (Å²) in [6, 6.07) is 12.1. The Morgan fingerprint density at radius 1 is 0.929 bits per heavy atom. The third-order valence-corrected chi connectivity index (χ3v) is 4.77. The van der Waals surface area contributed by atoms with Crippen molar-refractivity contribution in [3.8, 4) is 33.6 Å². The molecule has 0 unspecified atom stereocenters. The van der Waals surface area contributed by atoms with Crippen molar-refractivity contribution in [2.45, 2.75) is 0 Å². The van der Waals surface area contributed by atoms with E-state index in [2.05, 4.69) is 30.6 Å². The van der Waals surface area contributed by atoms with Crippen molar-refractivity contribution in [2.24, 2.45) is 0 Å². The van der Waals surface area contributed by atoms with Gasteiger partial charge in [0.05, 0.1) is 17.4 Å². The van der Waals surface area contributed by atoms with E-state index in [9.17, 15) is 4.39 Å². The number of aromatic nitrogens is 6. The fraction of sp³-hybridized carbons (Fsp3) is 0. The molecule has 0 radical (unpaired) electrons. The summed E-state index contributed by atoms with van der Waals surface area (Å²) in [7, 11) is 0. The quantitative estimate of drug-likeness (QED) is 0.460. The van der Waals surface area contributed by atoms with Crippen molar-refractivity contribution in [3.05, 3.63) is 71.9 Å². The van der Waals surface area contributed by atoms with Gasteiger partial charge in [-0.1, -0.05) is 22.9 Å². The number of aromatic amines is 2. The summed E-state index contributed by atoms with van der Waals surface area (Å²) in [5.74, 6) is -0.401. The highest BCUT2D eigenvalue weighted by Gasteiger charge is 2.16. The third-order valence-electron chi connectivity index (χ3n) is 4.53. The van der Waals surface area contributed by atoms with E-state index >= 15 is 0 Å². The fourth-order valence-corrected chi connectivity index (χ4v) is 3.32. The molecule has 0 saturated carbocycles. The Bertz CT molecular complexity index is 1300. The van der Waals surface area contributed by atoms with Gasteiger partial charge in [-0.25, -0.2) is 4.39 Å². The van der Waals surface area contributed by atoms with Crippen LogP contribution in [0.1, 0.15) is 0 Å². The minimum absolute atomic E-state index is 0.317. The van der Waals surface area contributed by atoms with Crippen LogP contribution in [-0.4, -0.2) is 30.6 Å². The number of nitrogens with one attached hydrogen (secondary N) is 2. The first-order valence-corrected chi connectivity index (χ1v) is 8.82. The lowest BCUT2D eigenvalue weighted by Gasteiger charge is -2.06. The number of hydrogen-bond donors (Lipinski definition) is 2. The number of hydrogen-bond acceptors (Lipinski definition) is 4. The standard InChI is InChI=1S/C20H12ClFN6/c21-15-2-3-17(22)16(7-15)20-19(26-28-27-20)11-1-4-18-12(5-11)6-13(8-23-18)14-9-24-25-10-14/h1-10H,(H,24,25)(H,26,27,28). The average molecular weight is 391 g/mol. The molecule has 0 amide bonds. The van der Waals surface area contributed by atoms with Crippen molar-refractivity contribution in [2.75, 3.05) is 0 Å². The van der Waals surface area contributed by atoms with Crippen molar-refractivity contribution < 1.29 is 4.39 Å². The predicted octanol–water partition coefficient (Wildman–Crippen LogP) is 4.87. The highest BCUT2D eigenvalue weighted by molar-refractivity contribution is 6.30. The number of H-pyrrole nitrogens is 2. The summed E-state index contributed by atoms with van der Waals surface area (Å²) < 4.78 is 14.3. The summed E-state index contributed by atoms with van der Waals surface area (Å²) in [5, 5.41) is 19.0. The minimum Gasteiger partial charge on any atom is -0.285 e. The molecule has 5 aromatic rings. The topological polar surface area (TPSA) is 83.1 Å². The summed E-state index contributed by atoms with van der Waals surface area (Å²) in [6.45, 7) is 0. The van der Waals surface area contributed by atoms with Gasteiger partial charge in [0.25, 0.3) is 0 Å². The normalized spacial score (nSPS) is 11.2. The molecule has 2 N–H and O–H groups in total. The minimum atomic E-state index is -0.401. The second-order valence-electron chi connectivity index (χ2n) is 6.28. The van der Waals surface area contributed by atoms with Gasteiger partial charge in [-0.05, 0) is 36.4 Å². The van der Waals surface area contributed by atoms with Crippen LogP contribution in [0.2, 0.25) is 5.02 Å². The first-order chi connectivity index (χ1) is 13.7. The molecule has 0 fully saturated rings. The van der Waals surface area contributed by atoms with Crippen LogP contribution in [0.25, 0.3) is 44.5 Å². The maximum Gasteiger partial charge on any atom is 0.132 e. The molecule has 0 saturated heterocycles. The van der Waals surface area contributed by atoms with E-state index < -0.39 is 5.82 Å². The van der Waals surface area contributed by atoms with Crippen molar-refractivity contribution >= 4 is 22.5 Å². The summed E-state index contributed by atoms with van der Waals surface area (Å²) >= 11 is 6.04. The number of fused-ring (bicyclic) bond motifs is 1. The van der Waals surface area contributed by atoms with Crippen molar-refractivity contribution in [1.29, 1.82) is 0 Å². The molecule has 3 aromatic heterocycles. The van der Waals surface area contributed by atoms with Gasteiger partial charge in [0, 0.05) is 45.1 Å². The molecule has 0 bridgehead atoms. The molecule has 0 atom stereocenters. The van der Waals surface area contributed by atoms with E-state index in [1.807, 2.05) is 30.5 Å². The van der Waals surface area contributed by atoms with Crippen LogP contribution in [0.15, 0.2) is 61.1 Å². The zero-order valence-corrected chi connectivity index (χ0v) is 15.1. The van der Waals surface area contributed by atoms with Crippen LogP contribution < -0.4 is 0 Å². The molecular formula is C20H12ClFN6. The lowest BCUT2D eigenvalue weighted by atomic mass is 10.0. The Morgan fingerprint density at radius 2 is 1.82 bits per heavy atom. The van der Waals surface area contributed by atoms with Crippen LogP contribution in [0, 0.1) is 5.82 Å². The van der Waals surface area contributed by atoms with Gasteiger partial charge in [0.2, 0.25) is 0 Å². The molecule has 0 aliphatic rings. The summed E-state index contributed by atoms with van der Waals surface area (Å²) in [6.07, 6.45) is 5.35. The number of nitrogens with zero attached hydrogens (tertiary/aromatic N) is 4. The molecule has 8 heteroatoms. The van der Waals surface area contributed by atoms with Gasteiger partial charge < -0.3 is 0 Å². The Kier molecular flexibility index (Phi) is 3.87. The first-order valence-electron chi connectivity index (χ1n) is 8.45. The van der Waals surface area contributed by atoms with E-state index in [4.69, 9.17) is 11.6 Å². The van der Waals surface area contributed by atoms with E-state index in [0.29, 0.717) is 22.0 Å². The zero-order valence-electron chi connectivity index (χ0n) is 14.3. The first kappa shape index (κ1) is 16.6. The zero-order chi connectivity index (χ0) is 19.1.